The van der Waals surface area contributed by atoms with Crippen molar-refractivity contribution in [2.45, 2.75) is 32.8 Å². The van der Waals surface area contributed by atoms with Gasteiger partial charge in [-0.05, 0) is 18.3 Å². The molecule has 1 fully saturated rings. The molecule has 2 N–H and O–H groups in total. The lowest BCUT2D eigenvalue weighted by atomic mass is 9.70. The molecule has 0 unspecified atom stereocenters. The number of rotatable bonds is 1. The van der Waals surface area contributed by atoms with Crippen molar-refractivity contribution in [2.24, 2.45) is 11.3 Å². The summed E-state index contributed by atoms with van der Waals surface area (Å²) in [5.74, 6) is 4.95. The summed E-state index contributed by atoms with van der Waals surface area (Å²) >= 11 is 0. The Balaban J connectivity index is 2.21. The first-order valence-corrected chi connectivity index (χ1v) is 3.00. The largest absolute Gasteiger partial charge is 0.301 e. The fourth-order valence-electron chi connectivity index (χ4n) is 1.27. The Morgan fingerprint density at radius 2 is 2.00 bits per heavy atom. The summed E-state index contributed by atoms with van der Waals surface area (Å²) < 4.78 is 0. The smallest absolute Gasteiger partial charge is 0.0797 e. The highest BCUT2D eigenvalue weighted by Crippen LogP contribution is 2.40. The maximum absolute atomic E-state index is 4.95. The van der Waals surface area contributed by atoms with Gasteiger partial charge in [-0.1, -0.05) is 13.8 Å². The Bertz CT molecular complexity index is 82.5. The summed E-state index contributed by atoms with van der Waals surface area (Å²) in [4.78, 5) is 4.62. The Morgan fingerprint density at radius 3 is 2.12 bits per heavy atom. The topological polar surface area (TPSA) is 35.2 Å². The van der Waals surface area contributed by atoms with E-state index in [1.807, 2.05) is 0 Å². The fourth-order valence-corrected chi connectivity index (χ4v) is 1.27. The van der Waals surface area contributed by atoms with Gasteiger partial charge in [-0.3, -0.25) is 0 Å². The predicted octanol–water partition coefficient (Wildman–Crippen LogP) is 1.07. The van der Waals surface area contributed by atoms with Crippen molar-refractivity contribution in [1.82, 2.24) is 0 Å². The predicted molar refractivity (Wildman–Crippen MR) is 32.1 cm³/mol. The van der Waals surface area contributed by atoms with Crippen LogP contribution in [-0.2, 0) is 4.84 Å². The van der Waals surface area contributed by atoms with Crippen molar-refractivity contribution in [1.29, 1.82) is 0 Å². The van der Waals surface area contributed by atoms with Gasteiger partial charge in [-0.15, -0.1) is 0 Å². The van der Waals surface area contributed by atoms with Gasteiger partial charge in [0.15, 0.2) is 0 Å². The second-order valence-electron chi connectivity index (χ2n) is 3.33. The van der Waals surface area contributed by atoms with Crippen LogP contribution in [0.3, 0.4) is 0 Å². The monoisotopic (exact) mass is 115 g/mol. The summed E-state index contributed by atoms with van der Waals surface area (Å²) in [5.41, 5.74) is 0.490. The van der Waals surface area contributed by atoms with E-state index in [2.05, 4.69) is 18.7 Å². The van der Waals surface area contributed by atoms with E-state index in [-0.39, 0.29) is 0 Å². The van der Waals surface area contributed by atoms with Crippen molar-refractivity contribution in [3.8, 4) is 0 Å². The molecular formula is C6H13NO. The van der Waals surface area contributed by atoms with E-state index in [1.165, 1.54) is 0 Å². The highest BCUT2D eigenvalue weighted by atomic mass is 16.6. The second-order valence-corrected chi connectivity index (χ2v) is 3.33. The van der Waals surface area contributed by atoms with Gasteiger partial charge in [0.2, 0.25) is 0 Å². The van der Waals surface area contributed by atoms with Crippen molar-refractivity contribution in [2.75, 3.05) is 0 Å². The van der Waals surface area contributed by atoms with E-state index >= 15 is 0 Å². The summed E-state index contributed by atoms with van der Waals surface area (Å²) in [7, 11) is 0. The molecule has 1 rings (SSSR count). The third kappa shape index (κ3) is 1.01. The number of nitrogens with two attached hydrogens (primary N) is 1. The van der Waals surface area contributed by atoms with E-state index in [9.17, 15) is 0 Å². The van der Waals surface area contributed by atoms with Crippen molar-refractivity contribution in [3.05, 3.63) is 0 Å². The van der Waals surface area contributed by atoms with Crippen LogP contribution in [-0.4, -0.2) is 6.10 Å². The van der Waals surface area contributed by atoms with Crippen LogP contribution in [0, 0.1) is 5.41 Å². The van der Waals surface area contributed by atoms with Gasteiger partial charge in [0.05, 0.1) is 6.10 Å². The standard InChI is InChI=1S/C6H13NO/c1-6(2)3-5(4-6)8-7/h5H,3-4,7H2,1-2H3. The van der Waals surface area contributed by atoms with Crippen LogP contribution in [0.5, 0.6) is 0 Å². The van der Waals surface area contributed by atoms with Crippen LogP contribution in [0.2, 0.25) is 0 Å². The molecule has 0 aromatic heterocycles. The van der Waals surface area contributed by atoms with Gasteiger partial charge in [0.25, 0.3) is 0 Å². The van der Waals surface area contributed by atoms with E-state index in [4.69, 9.17) is 5.90 Å². The van der Waals surface area contributed by atoms with Gasteiger partial charge >= 0.3 is 0 Å². The Kier molecular flexibility index (Phi) is 1.29. The van der Waals surface area contributed by atoms with Gasteiger partial charge in [-0.2, -0.15) is 0 Å². The molecule has 2 heteroatoms. The van der Waals surface area contributed by atoms with Crippen molar-refractivity contribution < 1.29 is 4.84 Å². The quantitative estimate of drug-likeness (QED) is 0.519. The lowest BCUT2D eigenvalue weighted by Crippen LogP contribution is -2.39. The molecule has 0 radical (unpaired) electrons. The SMILES string of the molecule is CC1(C)CC(ON)C1. The first kappa shape index (κ1) is 6.05. The van der Waals surface area contributed by atoms with Crippen LogP contribution >= 0.6 is 0 Å². The summed E-state index contributed by atoms with van der Waals surface area (Å²) in [6.07, 6.45) is 2.57. The Morgan fingerprint density at radius 1 is 1.50 bits per heavy atom. The minimum atomic E-state index is 0.338. The zero-order chi connectivity index (χ0) is 6.20. The third-order valence-electron chi connectivity index (χ3n) is 1.75. The average Bonchev–Trinajstić information content (AvgIpc) is 1.60. The molecule has 0 heterocycles. The molecular weight excluding hydrogens is 102 g/mol. The van der Waals surface area contributed by atoms with Gasteiger partial charge in [0, 0.05) is 0 Å². The van der Waals surface area contributed by atoms with Gasteiger partial charge < -0.3 is 4.84 Å². The Labute approximate surface area is 50.0 Å². The van der Waals surface area contributed by atoms with Crippen LogP contribution in [0.4, 0.5) is 0 Å². The summed E-state index contributed by atoms with van der Waals surface area (Å²) in [6.45, 7) is 4.45. The van der Waals surface area contributed by atoms with Crippen LogP contribution in [0.1, 0.15) is 26.7 Å². The molecule has 0 aliphatic heterocycles. The van der Waals surface area contributed by atoms with Crippen LogP contribution in [0.25, 0.3) is 0 Å². The highest BCUT2D eigenvalue weighted by Gasteiger charge is 2.36. The molecule has 0 saturated heterocycles. The van der Waals surface area contributed by atoms with E-state index < -0.39 is 0 Å². The molecule has 0 atom stereocenters. The van der Waals surface area contributed by atoms with E-state index in [1.54, 1.807) is 0 Å². The normalized spacial score (nSPS) is 27.4. The molecule has 1 saturated carbocycles. The molecule has 1 aliphatic carbocycles. The minimum absolute atomic E-state index is 0.338. The first-order valence-electron chi connectivity index (χ1n) is 3.00. The molecule has 0 bridgehead atoms. The van der Waals surface area contributed by atoms with E-state index in [0.29, 0.717) is 11.5 Å². The Hall–Kier alpha value is -0.0800. The molecule has 8 heavy (non-hydrogen) atoms. The van der Waals surface area contributed by atoms with E-state index in [0.717, 1.165) is 12.8 Å². The zero-order valence-corrected chi connectivity index (χ0v) is 5.48. The molecule has 2 nitrogen and oxygen atoms in total. The fraction of sp³-hybridized carbons (Fsp3) is 1.00. The summed E-state index contributed by atoms with van der Waals surface area (Å²) in [6, 6.07) is 0. The lowest BCUT2D eigenvalue weighted by molar-refractivity contribution is -0.0669. The minimum Gasteiger partial charge on any atom is -0.301 e. The van der Waals surface area contributed by atoms with Crippen LogP contribution < -0.4 is 5.90 Å². The molecule has 0 aromatic rings. The van der Waals surface area contributed by atoms with Gasteiger partial charge in [0.1, 0.15) is 0 Å². The van der Waals surface area contributed by atoms with Crippen LogP contribution in [0.15, 0.2) is 0 Å². The van der Waals surface area contributed by atoms with Gasteiger partial charge in [-0.25, -0.2) is 5.90 Å². The van der Waals surface area contributed by atoms with Crippen molar-refractivity contribution in [3.63, 3.8) is 0 Å². The number of hydrogen-bond donors (Lipinski definition) is 1. The maximum Gasteiger partial charge on any atom is 0.0797 e. The zero-order valence-electron chi connectivity index (χ0n) is 5.48. The highest BCUT2D eigenvalue weighted by molar-refractivity contribution is 4.86. The molecule has 1 aliphatic rings. The number of hydrogen-bond acceptors (Lipinski definition) is 2. The third-order valence-corrected chi connectivity index (χ3v) is 1.75. The molecule has 48 valence electrons. The first-order chi connectivity index (χ1) is 3.64. The molecule has 0 spiro atoms. The van der Waals surface area contributed by atoms with Crippen molar-refractivity contribution >= 4 is 0 Å². The second kappa shape index (κ2) is 1.71. The molecule has 0 amide bonds. The summed E-state index contributed by atoms with van der Waals surface area (Å²) in [5, 5.41) is 0. The maximum atomic E-state index is 4.95. The lowest BCUT2D eigenvalue weighted by Gasteiger charge is -2.40. The average molecular weight is 115 g/mol. The molecule has 0 aromatic carbocycles.